The number of ether oxygens (including phenoxy) is 1. The van der Waals surface area contributed by atoms with Crippen molar-refractivity contribution in [1.82, 2.24) is 19.7 Å². The summed E-state index contributed by atoms with van der Waals surface area (Å²) >= 11 is 1.24. The van der Waals surface area contributed by atoms with Crippen LogP contribution in [0.2, 0.25) is 0 Å². The minimum absolute atomic E-state index is 0.166. The van der Waals surface area contributed by atoms with Crippen molar-refractivity contribution in [3.63, 3.8) is 0 Å². The number of aromatic nitrogens is 4. The fraction of sp³-hybridized carbons (Fsp3) is 0.238. The molecule has 7 heteroatoms. The zero-order valence-corrected chi connectivity index (χ0v) is 16.6. The van der Waals surface area contributed by atoms with Crippen molar-refractivity contribution in [2.24, 2.45) is 0 Å². The molecule has 0 N–H and O–H groups in total. The highest BCUT2D eigenvalue weighted by Crippen LogP contribution is 2.28. The summed E-state index contributed by atoms with van der Waals surface area (Å²) in [6, 6.07) is 16.5. The third-order valence-corrected chi connectivity index (χ3v) is 5.21. The van der Waals surface area contributed by atoms with Gasteiger partial charge in [0.15, 0.2) is 5.65 Å². The van der Waals surface area contributed by atoms with Crippen molar-refractivity contribution in [2.75, 3.05) is 12.4 Å². The van der Waals surface area contributed by atoms with Crippen LogP contribution in [0.4, 0.5) is 0 Å². The second-order valence-electron chi connectivity index (χ2n) is 6.45. The van der Waals surface area contributed by atoms with E-state index in [1.165, 1.54) is 22.9 Å². The molecule has 142 valence electrons. The molecule has 2 heterocycles. The van der Waals surface area contributed by atoms with E-state index in [0.717, 1.165) is 22.1 Å². The number of esters is 1. The van der Waals surface area contributed by atoms with Crippen molar-refractivity contribution in [1.29, 1.82) is 0 Å². The molecule has 0 bridgehead atoms. The number of hydrogen-bond acceptors (Lipinski definition) is 6. The number of benzene rings is 2. The van der Waals surface area contributed by atoms with E-state index in [9.17, 15) is 4.79 Å². The standard InChI is InChI=1S/C21H20N4O2S/c1-3-27-18(26)13-28-21-22-20-19(23-24-21)16-9-4-5-10-17(16)25(20)12-15-8-6-7-14(2)11-15/h4-11H,3,12-13H2,1-2H3. The largest absolute Gasteiger partial charge is 0.465 e. The number of hydrogen-bond donors (Lipinski definition) is 0. The van der Waals surface area contributed by atoms with Gasteiger partial charge in [-0.3, -0.25) is 4.79 Å². The molecule has 0 fully saturated rings. The van der Waals surface area contributed by atoms with Gasteiger partial charge in [-0.05, 0) is 25.5 Å². The molecule has 6 nitrogen and oxygen atoms in total. The van der Waals surface area contributed by atoms with Crippen molar-refractivity contribution >= 4 is 39.8 Å². The minimum Gasteiger partial charge on any atom is -0.465 e. The molecule has 0 unspecified atom stereocenters. The lowest BCUT2D eigenvalue weighted by Gasteiger charge is -2.08. The fourth-order valence-electron chi connectivity index (χ4n) is 3.23. The Labute approximate surface area is 166 Å². The molecule has 0 atom stereocenters. The van der Waals surface area contributed by atoms with Crippen LogP contribution in [0.3, 0.4) is 0 Å². The lowest BCUT2D eigenvalue weighted by Crippen LogP contribution is -2.07. The lowest BCUT2D eigenvalue weighted by molar-refractivity contribution is -0.139. The zero-order valence-electron chi connectivity index (χ0n) is 15.8. The Morgan fingerprint density at radius 3 is 2.82 bits per heavy atom. The van der Waals surface area contributed by atoms with Gasteiger partial charge in [-0.1, -0.05) is 59.8 Å². The van der Waals surface area contributed by atoms with Crippen molar-refractivity contribution < 1.29 is 9.53 Å². The molecule has 2 aromatic heterocycles. The molecule has 2 aromatic carbocycles. The third kappa shape index (κ3) is 3.71. The normalized spacial score (nSPS) is 11.2. The highest BCUT2D eigenvalue weighted by atomic mass is 32.2. The molecule has 0 aliphatic rings. The van der Waals surface area contributed by atoms with Crippen LogP contribution >= 0.6 is 11.8 Å². The van der Waals surface area contributed by atoms with E-state index in [-0.39, 0.29) is 11.7 Å². The Hall–Kier alpha value is -2.93. The average molecular weight is 392 g/mol. The summed E-state index contributed by atoms with van der Waals surface area (Å²) in [7, 11) is 0. The highest BCUT2D eigenvalue weighted by molar-refractivity contribution is 7.99. The predicted molar refractivity (Wildman–Crippen MR) is 110 cm³/mol. The Bertz CT molecular complexity index is 1160. The van der Waals surface area contributed by atoms with Gasteiger partial charge in [-0.2, -0.15) is 0 Å². The van der Waals surface area contributed by atoms with E-state index in [1.807, 2.05) is 18.2 Å². The molecule has 0 saturated carbocycles. The second-order valence-corrected chi connectivity index (χ2v) is 7.40. The summed E-state index contributed by atoms with van der Waals surface area (Å²) in [5.41, 5.74) is 5.01. The van der Waals surface area contributed by atoms with Gasteiger partial charge < -0.3 is 9.30 Å². The Morgan fingerprint density at radius 2 is 2.00 bits per heavy atom. The molecular formula is C21H20N4O2S. The molecule has 28 heavy (non-hydrogen) atoms. The Morgan fingerprint density at radius 1 is 1.14 bits per heavy atom. The SMILES string of the molecule is CCOC(=O)CSc1nnc2c3ccccc3n(Cc3cccc(C)c3)c2n1. The van der Waals surface area contributed by atoms with Crippen LogP contribution in [0.15, 0.2) is 53.7 Å². The molecule has 0 amide bonds. The van der Waals surface area contributed by atoms with Crippen LogP contribution in [0.1, 0.15) is 18.1 Å². The van der Waals surface area contributed by atoms with Crippen molar-refractivity contribution in [3.05, 3.63) is 59.7 Å². The highest BCUT2D eigenvalue weighted by Gasteiger charge is 2.16. The summed E-state index contributed by atoms with van der Waals surface area (Å²) in [5.74, 6) is -0.115. The summed E-state index contributed by atoms with van der Waals surface area (Å²) in [6.45, 7) is 4.92. The van der Waals surface area contributed by atoms with Gasteiger partial charge in [-0.25, -0.2) is 4.98 Å². The molecule has 4 rings (SSSR count). The van der Waals surface area contributed by atoms with Gasteiger partial charge in [0.05, 0.1) is 17.9 Å². The predicted octanol–water partition coefficient (Wildman–Crippen LogP) is 3.99. The number of para-hydroxylation sites is 1. The second kappa shape index (κ2) is 7.98. The van der Waals surface area contributed by atoms with Gasteiger partial charge in [0.2, 0.25) is 5.16 Å². The summed E-state index contributed by atoms with van der Waals surface area (Å²) in [6.07, 6.45) is 0. The minimum atomic E-state index is -0.281. The molecule has 0 saturated heterocycles. The Kier molecular flexibility index (Phi) is 5.25. The average Bonchev–Trinajstić information content (AvgIpc) is 3.00. The van der Waals surface area contributed by atoms with Crippen LogP contribution in [0.25, 0.3) is 22.1 Å². The van der Waals surface area contributed by atoms with Gasteiger partial charge in [0.1, 0.15) is 5.52 Å². The van der Waals surface area contributed by atoms with E-state index < -0.39 is 0 Å². The van der Waals surface area contributed by atoms with E-state index in [4.69, 9.17) is 9.72 Å². The van der Waals surface area contributed by atoms with Crippen LogP contribution in [-0.2, 0) is 16.1 Å². The molecule has 0 spiro atoms. The third-order valence-electron chi connectivity index (χ3n) is 4.40. The van der Waals surface area contributed by atoms with E-state index in [0.29, 0.717) is 18.3 Å². The zero-order chi connectivity index (χ0) is 19.5. The summed E-state index contributed by atoms with van der Waals surface area (Å²) in [5, 5.41) is 10.1. The fourth-order valence-corrected chi connectivity index (χ4v) is 3.81. The van der Waals surface area contributed by atoms with Gasteiger partial charge in [0, 0.05) is 11.9 Å². The number of nitrogens with zero attached hydrogens (tertiary/aromatic N) is 4. The maximum absolute atomic E-state index is 11.6. The van der Waals surface area contributed by atoms with Gasteiger partial charge >= 0.3 is 5.97 Å². The molecule has 0 radical (unpaired) electrons. The first-order valence-electron chi connectivity index (χ1n) is 9.11. The molecule has 0 aliphatic carbocycles. The maximum Gasteiger partial charge on any atom is 0.316 e. The van der Waals surface area contributed by atoms with E-state index >= 15 is 0 Å². The number of rotatable bonds is 6. The summed E-state index contributed by atoms with van der Waals surface area (Å²) in [4.78, 5) is 16.3. The first kappa shape index (κ1) is 18.4. The Balaban J connectivity index is 1.76. The first-order chi connectivity index (χ1) is 13.7. The van der Waals surface area contributed by atoms with Crippen molar-refractivity contribution in [2.45, 2.75) is 25.5 Å². The first-order valence-corrected chi connectivity index (χ1v) is 10.1. The van der Waals surface area contributed by atoms with Crippen molar-refractivity contribution in [3.8, 4) is 0 Å². The number of aryl methyl sites for hydroxylation is 1. The number of fused-ring (bicyclic) bond motifs is 3. The molecule has 0 aliphatic heterocycles. The summed E-state index contributed by atoms with van der Waals surface area (Å²) < 4.78 is 7.13. The molecule has 4 aromatic rings. The lowest BCUT2D eigenvalue weighted by atomic mass is 10.1. The van der Waals surface area contributed by atoms with Crippen LogP contribution in [0, 0.1) is 6.92 Å². The monoisotopic (exact) mass is 392 g/mol. The van der Waals surface area contributed by atoms with E-state index in [2.05, 4.69) is 52.0 Å². The smallest absolute Gasteiger partial charge is 0.316 e. The molecular weight excluding hydrogens is 372 g/mol. The maximum atomic E-state index is 11.6. The number of carbonyl (C=O) groups is 1. The number of carbonyl (C=O) groups excluding carboxylic acids is 1. The van der Waals surface area contributed by atoms with Gasteiger partial charge in [0.25, 0.3) is 0 Å². The van der Waals surface area contributed by atoms with Gasteiger partial charge in [-0.15, -0.1) is 10.2 Å². The topological polar surface area (TPSA) is 69.9 Å². The van der Waals surface area contributed by atoms with Crippen LogP contribution in [0.5, 0.6) is 0 Å². The van der Waals surface area contributed by atoms with Crippen LogP contribution < -0.4 is 0 Å². The number of thioether (sulfide) groups is 1. The van der Waals surface area contributed by atoms with Crippen LogP contribution in [-0.4, -0.2) is 38.1 Å². The van der Waals surface area contributed by atoms with E-state index in [1.54, 1.807) is 6.92 Å². The quantitative estimate of drug-likeness (QED) is 0.365.